The van der Waals surface area contributed by atoms with Gasteiger partial charge in [0.05, 0.1) is 5.75 Å². The monoisotopic (exact) mass is 315 g/mol. The minimum Gasteiger partial charge on any atom is -0.481 e. The predicted molar refractivity (Wildman–Crippen MR) is 73.8 cm³/mol. The Morgan fingerprint density at radius 1 is 1.35 bits per heavy atom. The van der Waals surface area contributed by atoms with E-state index in [0.29, 0.717) is 4.34 Å². The van der Waals surface area contributed by atoms with E-state index in [4.69, 9.17) is 5.11 Å². The number of carboxylic acids is 1. The highest BCUT2D eigenvalue weighted by atomic mass is 32.2. The van der Waals surface area contributed by atoms with Gasteiger partial charge in [0.2, 0.25) is 16.9 Å². The molecule has 1 aromatic heterocycles. The molecule has 7 nitrogen and oxygen atoms in total. The molecule has 2 heterocycles. The van der Waals surface area contributed by atoms with Crippen molar-refractivity contribution in [2.75, 3.05) is 10.7 Å². The minimum absolute atomic E-state index is 0.135. The van der Waals surface area contributed by atoms with E-state index in [2.05, 4.69) is 10.2 Å². The van der Waals surface area contributed by atoms with Crippen LogP contribution >= 0.6 is 23.1 Å². The number of carboxylic acid groups (broad SMARTS) is 1. The van der Waals surface area contributed by atoms with Gasteiger partial charge in [0.25, 0.3) is 0 Å². The summed E-state index contributed by atoms with van der Waals surface area (Å²) in [7, 11) is 0. The van der Waals surface area contributed by atoms with Gasteiger partial charge in [-0.1, -0.05) is 36.9 Å². The normalized spacial score (nSPS) is 18.4. The van der Waals surface area contributed by atoms with Crippen LogP contribution in [0.1, 0.15) is 26.7 Å². The number of piperidine rings is 1. The Morgan fingerprint density at radius 3 is 2.50 bits per heavy atom. The standard InChI is InChI=1S/C11H13N3O4S2/c1-11(2)3-6(15)14(7(16)4-11)9-12-13-10(20-9)19-5-8(17)18/h3-5H2,1-2H3,(H,17,18). The molecule has 0 bridgehead atoms. The molecular weight excluding hydrogens is 302 g/mol. The molecule has 0 atom stereocenters. The van der Waals surface area contributed by atoms with E-state index >= 15 is 0 Å². The Hall–Kier alpha value is -1.48. The van der Waals surface area contributed by atoms with Gasteiger partial charge in [-0.05, 0) is 5.41 Å². The number of aromatic nitrogens is 2. The van der Waals surface area contributed by atoms with E-state index in [-0.39, 0.29) is 41.0 Å². The summed E-state index contributed by atoms with van der Waals surface area (Å²) in [4.78, 5) is 35.6. The number of hydrogen-bond donors (Lipinski definition) is 1. The van der Waals surface area contributed by atoms with E-state index in [0.717, 1.165) is 28.0 Å². The molecular formula is C11H13N3O4S2. The maximum absolute atomic E-state index is 12.0. The number of carbonyl (C=O) groups excluding carboxylic acids is 2. The lowest BCUT2D eigenvalue weighted by Gasteiger charge is -2.32. The van der Waals surface area contributed by atoms with Crippen molar-refractivity contribution >= 4 is 46.0 Å². The van der Waals surface area contributed by atoms with E-state index in [1.165, 1.54) is 0 Å². The number of rotatable bonds is 4. The summed E-state index contributed by atoms with van der Waals surface area (Å²) in [6, 6.07) is 0. The fourth-order valence-corrected chi connectivity index (χ4v) is 3.46. The first-order chi connectivity index (χ1) is 9.28. The van der Waals surface area contributed by atoms with Gasteiger partial charge in [0.1, 0.15) is 0 Å². The molecule has 108 valence electrons. The summed E-state index contributed by atoms with van der Waals surface area (Å²) in [5.41, 5.74) is -0.337. The fraction of sp³-hybridized carbons (Fsp3) is 0.545. The quantitative estimate of drug-likeness (QED) is 0.509. The molecule has 0 aliphatic carbocycles. The van der Waals surface area contributed by atoms with Crippen LogP contribution in [0, 0.1) is 5.41 Å². The highest BCUT2D eigenvalue weighted by molar-refractivity contribution is 8.01. The molecule has 0 aromatic carbocycles. The molecule has 1 N–H and O–H groups in total. The number of imide groups is 1. The second kappa shape index (κ2) is 5.49. The van der Waals surface area contributed by atoms with Crippen molar-refractivity contribution in [3.8, 4) is 0 Å². The number of nitrogens with zero attached hydrogens (tertiary/aromatic N) is 3. The van der Waals surface area contributed by atoms with Crippen molar-refractivity contribution in [1.29, 1.82) is 0 Å². The molecule has 20 heavy (non-hydrogen) atoms. The van der Waals surface area contributed by atoms with Crippen LogP contribution in [0.15, 0.2) is 4.34 Å². The number of hydrogen-bond acceptors (Lipinski definition) is 7. The van der Waals surface area contributed by atoms with Crippen molar-refractivity contribution in [2.24, 2.45) is 5.41 Å². The zero-order chi connectivity index (χ0) is 14.9. The summed E-state index contributed by atoms with van der Waals surface area (Å²) in [6.07, 6.45) is 0.547. The molecule has 1 aromatic rings. The molecule has 2 rings (SSSR count). The van der Waals surface area contributed by atoms with Gasteiger partial charge in [0.15, 0.2) is 4.34 Å². The van der Waals surface area contributed by atoms with Gasteiger partial charge >= 0.3 is 5.97 Å². The van der Waals surface area contributed by atoms with E-state index in [1.54, 1.807) is 0 Å². The lowest BCUT2D eigenvalue weighted by Crippen LogP contribution is -2.46. The van der Waals surface area contributed by atoms with Gasteiger partial charge in [0, 0.05) is 12.8 Å². The summed E-state index contributed by atoms with van der Waals surface area (Å²) >= 11 is 2.06. The molecule has 0 saturated carbocycles. The van der Waals surface area contributed by atoms with Gasteiger partial charge in [-0.2, -0.15) is 0 Å². The highest BCUT2D eigenvalue weighted by Gasteiger charge is 2.39. The zero-order valence-corrected chi connectivity index (χ0v) is 12.6. The molecule has 1 fully saturated rings. The number of anilines is 1. The van der Waals surface area contributed by atoms with Crippen molar-refractivity contribution < 1.29 is 19.5 Å². The smallest absolute Gasteiger partial charge is 0.313 e. The highest BCUT2D eigenvalue weighted by Crippen LogP contribution is 2.36. The third kappa shape index (κ3) is 3.34. The largest absolute Gasteiger partial charge is 0.481 e. The second-order valence-corrected chi connectivity index (χ2v) is 7.35. The van der Waals surface area contributed by atoms with E-state index < -0.39 is 5.97 Å². The van der Waals surface area contributed by atoms with Crippen LogP contribution in [-0.4, -0.2) is 38.8 Å². The maximum Gasteiger partial charge on any atom is 0.313 e. The van der Waals surface area contributed by atoms with Crippen LogP contribution in [0.2, 0.25) is 0 Å². The number of amides is 2. The predicted octanol–water partition coefficient (Wildman–Crippen LogP) is 1.39. The van der Waals surface area contributed by atoms with Crippen LogP contribution in [0.3, 0.4) is 0 Å². The first kappa shape index (κ1) is 14.9. The number of carbonyl (C=O) groups is 3. The molecule has 0 radical (unpaired) electrons. The van der Waals surface area contributed by atoms with Crippen LogP contribution in [0.4, 0.5) is 5.13 Å². The summed E-state index contributed by atoms with van der Waals surface area (Å²) < 4.78 is 0.424. The molecule has 2 amide bonds. The Bertz CT molecular complexity index is 550. The second-order valence-electron chi connectivity index (χ2n) is 5.17. The lowest BCUT2D eigenvalue weighted by molar-refractivity contribution is -0.134. The fourth-order valence-electron chi connectivity index (χ4n) is 1.87. The molecule has 9 heteroatoms. The summed E-state index contributed by atoms with van der Waals surface area (Å²) in [5.74, 6) is -1.68. The van der Waals surface area contributed by atoms with Crippen molar-refractivity contribution in [2.45, 2.75) is 31.0 Å². The minimum atomic E-state index is -0.960. The van der Waals surface area contributed by atoms with Crippen LogP contribution in [0.25, 0.3) is 0 Å². The first-order valence-electron chi connectivity index (χ1n) is 5.82. The average molecular weight is 315 g/mol. The van der Waals surface area contributed by atoms with Crippen LogP contribution < -0.4 is 4.90 Å². The molecule has 1 aliphatic heterocycles. The molecule has 1 saturated heterocycles. The van der Waals surface area contributed by atoms with E-state index in [9.17, 15) is 14.4 Å². The van der Waals surface area contributed by atoms with Crippen molar-refractivity contribution in [1.82, 2.24) is 10.2 Å². The van der Waals surface area contributed by atoms with Gasteiger partial charge in [-0.15, -0.1) is 10.2 Å². The molecule has 0 spiro atoms. The van der Waals surface area contributed by atoms with Crippen molar-refractivity contribution in [3.63, 3.8) is 0 Å². The van der Waals surface area contributed by atoms with Gasteiger partial charge in [-0.25, -0.2) is 4.90 Å². The Balaban J connectivity index is 2.13. The SMILES string of the molecule is CC1(C)CC(=O)N(c2nnc(SCC(=O)O)s2)C(=O)C1. The third-order valence-corrected chi connectivity index (χ3v) is 4.69. The summed E-state index contributed by atoms with van der Waals surface area (Å²) in [5, 5.41) is 16.4. The Kier molecular flexibility index (Phi) is 4.09. The number of thioether (sulfide) groups is 1. The zero-order valence-electron chi connectivity index (χ0n) is 11.0. The first-order valence-corrected chi connectivity index (χ1v) is 7.62. The number of aliphatic carboxylic acids is 1. The third-order valence-electron chi connectivity index (χ3n) is 2.66. The maximum atomic E-state index is 12.0. The topological polar surface area (TPSA) is 100 Å². The molecule has 1 aliphatic rings. The average Bonchev–Trinajstić information content (AvgIpc) is 2.72. The van der Waals surface area contributed by atoms with Gasteiger partial charge < -0.3 is 5.11 Å². The lowest BCUT2D eigenvalue weighted by atomic mass is 9.82. The van der Waals surface area contributed by atoms with Crippen LogP contribution in [-0.2, 0) is 14.4 Å². The van der Waals surface area contributed by atoms with E-state index in [1.807, 2.05) is 13.8 Å². The molecule has 0 unspecified atom stereocenters. The van der Waals surface area contributed by atoms with Crippen molar-refractivity contribution in [3.05, 3.63) is 0 Å². The Labute approximate surface area is 123 Å². The Morgan fingerprint density at radius 2 is 1.95 bits per heavy atom. The van der Waals surface area contributed by atoms with Crippen LogP contribution in [0.5, 0.6) is 0 Å². The van der Waals surface area contributed by atoms with Gasteiger partial charge in [-0.3, -0.25) is 14.4 Å². The summed E-state index contributed by atoms with van der Waals surface area (Å²) in [6.45, 7) is 3.74.